The molecule has 1 aromatic rings. The van der Waals surface area contributed by atoms with E-state index >= 15 is 0 Å². The first-order valence-electron chi connectivity index (χ1n) is 5.08. The topological polar surface area (TPSA) is 46.3 Å². The van der Waals surface area contributed by atoms with E-state index in [1.165, 1.54) is 13.1 Å². The number of hydrogen-bond acceptors (Lipinski definition) is 2. The molecule has 3 nitrogen and oxygen atoms in total. The monoisotopic (exact) mass is 324 g/mol. The Kier molecular flexibility index (Phi) is 4.61. The number of nitrogens with two attached hydrogens (primary N) is 1. The van der Waals surface area contributed by atoms with Gasteiger partial charge in [-0.1, -0.05) is 6.07 Å². The molecule has 0 aliphatic heterocycles. The number of nitrogen functional groups attached to an aromatic ring is 1. The van der Waals surface area contributed by atoms with E-state index in [2.05, 4.69) is 15.9 Å². The Morgan fingerprint density at radius 2 is 2.06 bits per heavy atom. The third-order valence-electron chi connectivity index (χ3n) is 2.34. The van der Waals surface area contributed by atoms with Crippen LogP contribution in [-0.4, -0.2) is 30.6 Å². The van der Waals surface area contributed by atoms with E-state index in [0.29, 0.717) is 10.2 Å². The number of alkyl halides is 3. The molecule has 0 radical (unpaired) electrons. The Balaban J connectivity index is 2.78. The number of nitrogens with zero attached hydrogens (tertiary/aromatic N) is 1. The van der Waals surface area contributed by atoms with Crippen LogP contribution >= 0.6 is 15.9 Å². The highest BCUT2D eigenvalue weighted by Crippen LogP contribution is 2.25. The maximum absolute atomic E-state index is 12.1. The van der Waals surface area contributed by atoms with E-state index in [9.17, 15) is 18.0 Å². The zero-order valence-electron chi connectivity index (χ0n) is 9.59. The predicted molar refractivity (Wildman–Crippen MR) is 66.2 cm³/mol. The van der Waals surface area contributed by atoms with Crippen molar-refractivity contribution in [2.45, 2.75) is 12.6 Å². The molecular formula is C11H12BrF3N2O. The molecule has 0 bridgehead atoms. The molecule has 0 fully saturated rings. The van der Waals surface area contributed by atoms with Crippen molar-refractivity contribution < 1.29 is 18.0 Å². The van der Waals surface area contributed by atoms with Gasteiger partial charge in [0.25, 0.3) is 5.91 Å². The SMILES string of the molecule is CN(CCC(F)(F)F)C(=O)c1cccc(N)c1Br. The second kappa shape index (κ2) is 5.60. The van der Waals surface area contributed by atoms with E-state index in [1.807, 2.05) is 0 Å². The Hall–Kier alpha value is -1.24. The fraction of sp³-hybridized carbons (Fsp3) is 0.364. The molecular weight excluding hydrogens is 313 g/mol. The van der Waals surface area contributed by atoms with Crippen molar-refractivity contribution in [3.05, 3.63) is 28.2 Å². The van der Waals surface area contributed by atoms with Gasteiger partial charge >= 0.3 is 6.18 Å². The van der Waals surface area contributed by atoms with Crippen LogP contribution in [-0.2, 0) is 0 Å². The Labute approximate surface area is 111 Å². The lowest BCUT2D eigenvalue weighted by molar-refractivity contribution is -0.136. The van der Waals surface area contributed by atoms with Gasteiger partial charge in [0.1, 0.15) is 0 Å². The highest BCUT2D eigenvalue weighted by molar-refractivity contribution is 9.10. The summed E-state index contributed by atoms with van der Waals surface area (Å²) in [5.74, 6) is -0.501. The molecule has 100 valence electrons. The van der Waals surface area contributed by atoms with Gasteiger partial charge in [-0.25, -0.2) is 0 Å². The fourth-order valence-corrected chi connectivity index (χ4v) is 1.75. The van der Waals surface area contributed by atoms with Crippen LogP contribution in [0.15, 0.2) is 22.7 Å². The average molecular weight is 325 g/mol. The molecule has 0 aliphatic rings. The maximum Gasteiger partial charge on any atom is 0.390 e. The molecule has 7 heteroatoms. The van der Waals surface area contributed by atoms with Crippen molar-refractivity contribution >= 4 is 27.5 Å². The number of anilines is 1. The normalized spacial score (nSPS) is 11.4. The largest absolute Gasteiger partial charge is 0.398 e. The third kappa shape index (κ3) is 3.90. The van der Waals surface area contributed by atoms with Crippen LogP contribution in [0.25, 0.3) is 0 Å². The lowest BCUT2D eigenvalue weighted by atomic mass is 10.2. The zero-order chi connectivity index (χ0) is 13.9. The van der Waals surface area contributed by atoms with Crippen LogP contribution < -0.4 is 5.73 Å². The maximum atomic E-state index is 12.1. The van der Waals surface area contributed by atoms with Crippen LogP contribution in [0.4, 0.5) is 18.9 Å². The molecule has 0 aromatic heterocycles. The third-order valence-corrected chi connectivity index (χ3v) is 3.22. The molecule has 1 aromatic carbocycles. The van der Waals surface area contributed by atoms with Gasteiger partial charge in [-0.2, -0.15) is 13.2 Å². The number of carbonyl (C=O) groups is 1. The second-order valence-electron chi connectivity index (χ2n) is 3.80. The van der Waals surface area contributed by atoms with Crippen LogP contribution in [0.5, 0.6) is 0 Å². The number of amides is 1. The molecule has 2 N–H and O–H groups in total. The Morgan fingerprint density at radius 1 is 1.44 bits per heavy atom. The van der Waals surface area contributed by atoms with Gasteiger partial charge in [0, 0.05) is 19.3 Å². The van der Waals surface area contributed by atoms with Crippen LogP contribution in [0.1, 0.15) is 16.8 Å². The first-order valence-corrected chi connectivity index (χ1v) is 5.88. The van der Waals surface area contributed by atoms with Crippen LogP contribution in [0, 0.1) is 0 Å². The zero-order valence-corrected chi connectivity index (χ0v) is 11.2. The lowest BCUT2D eigenvalue weighted by Gasteiger charge is -2.19. The van der Waals surface area contributed by atoms with Gasteiger partial charge < -0.3 is 10.6 Å². The lowest BCUT2D eigenvalue weighted by Crippen LogP contribution is -2.30. The summed E-state index contributed by atoms with van der Waals surface area (Å²) in [6.07, 6.45) is -5.31. The summed E-state index contributed by atoms with van der Waals surface area (Å²) in [6.45, 7) is -0.385. The minimum atomic E-state index is -4.28. The number of carbonyl (C=O) groups excluding carboxylic acids is 1. The first kappa shape index (κ1) is 14.8. The number of benzene rings is 1. The highest BCUT2D eigenvalue weighted by atomic mass is 79.9. The molecule has 0 aliphatic carbocycles. The van der Waals surface area contributed by atoms with E-state index in [-0.39, 0.29) is 12.1 Å². The van der Waals surface area contributed by atoms with Gasteiger partial charge in [0.2, 0.25) is 0 Å². The van der Waals surface area contributed by atoms with Crippen molar-refractivity contribution in [2.75, 3.05) is 19.3 Å². The summed E-state index contributed by atoms with van der Waals surface area (Å²) in [4.78, 5) is 12.9. The Bertz CT molecular complexity index is 448. The number of hydrogen-bond donors (Lipinski definition) is 1. The van der Waals surface area contributed by atoms with E-state index < -0.39 is 18.5 Å². The minimum Gasteiger partial charge on any atom is -0.398 e. The summed E-state index contributed by atoms with van der Waals surface area (Å²) in [5, 5.41) is 0. The standard InChI is InChI=1S/C11H12BrF3N2O/c1-17(6-5-11(13,14)15)10(18)7-3-2-4-8(16)9(7)12/h2-4H,5-6,16H2,1H3. The van der Waals surface area contributed by atoms with Gasteiger partial charge in [0.05, 0.1) is 16.5 Å². The summed E-state index contributed by atoms with van der Waals surface area (Å²) in [5.41, 5.74) is 6.22. The smallest absolute Gasteiger partial charge is 0.390 e. The highest BCUT2D eigenvalue weighted by Gasteiger charge is 2.28. The molecule has 18 heavy (non-hydrogen) atoms. The van der Waals surface area contributed by atoms with Crippen LogP contribution in [0.3, 0.4) is 0 Å². The molecule has 0 atom stereocenters. The molecule has 0 heterocycles. The molecule has 0 saturated carbocycles. The van der Waals surface area contributed by atoms with Crippen molar-refractivity contribution in [2.24, 2.45) is 0 Å². The van der Waals surface area contributed by atoms with Crippen LogP contribution in [0.2, 0.25) is 0 Å². The van der Waals surface area contributed by atoms with Gasteiger partial charge in [-0.05, 0) is 28.1 Å². The van der Waals surface area contributed by atoms with Crippen molar-refractivity contribution in [3.8, 4) is 0 Å². The molecule has 0 unspecified atom stereocenters. The fourth-order valence-electron chi connectivity index (χ4n) is 1.32. The van der Waals surface area contributed by atoms with Crippen molar-refractivity contribution in [1.82, 2.24) is 4.90 Å². The van der Waals surface area contributed by atoms with Gasteiger partial charge in [-0.15, -0.1) is 0 Å². The Morgan fingerprint density at radius 3 is 2.61 bits per heavy atom. The van der Waals surface area contributed by atoms with E-state index in [4.69, 9.17) is 5.73 Å². The van der Waals surface area contributed by atoms with Crippen molar-refractivity contribution in [3.63, 3.8) is 0 Å². The van der Waals surface area contributed by atoms with E-state index in [1.54, 1.807) is 12.1 Å². The van der Waals surface area contributed by atoms with E-state index in [0.717, 1.165) is 4.90 Å². The second-order valence-corrected chi connectivity index (χ2v) is 4.59. The summed E-state index contributed by atoms with van der Waals surface area (Å²) in [7, 11) is 1.32. The van der Waals surface area contributed by atoms with Gasteiger partial charge in [0.15, 0.2) is 0 Å². The number of rotatable bonds is 3. The van der Waals surface area contributed by atoms with Gasteiger partial charge in [-0.3, -0.25) is 4.79 Å². The first-order chi connectivity index (χ1) is 8.22. The summed E-state index contributed by atoms with van der Waals surface area (Å²) in [6, 6.07) is 4.67. The quantitative estimate of drug-likeness (QED) is 0.868. The molecule has 0 spiro atoms. The molecule has 1 amide bonds. The van der Waals surface area contributed by atoms with Crippen molar-refractivity contribution in [1.29, 1.82) is 0 Å². The average Bonchev–Trinajstić information content (AvgIpc) is 2.28. The minimum absolute atomic E-state index is 0.250. The summed E-state index contributed by atoms with van der Waals surface area (Å²) >= 11 is 3.14. The molecule has 1 rings (SSSR count). The number of halogens is 4. The summed E-state index contributed by atoms with van der Waals surface area (Å²) < 4.78 is 36.6. The predicted octanol–water partition coefficient (Wildman–Crippen LogP) is 3.06. The molecule has 0 saturated heterocycles.